The third kappa shape index (κ3) is 4.26. The van der Waals surface area contributed by atoms with Crippen LogP contribution in [0.1, 0.15) is 12.8 Å². The van der Waals surface area contributed by atoms with Crippen molar-refractivity contribution in [1.82, 2.24) is 10.2 Å². The zero-order chi connectivity index (χ0) is 14.4. The van der Waals surface area contributed by atoms with E-state index in [-0.39, 0.29) is 17.7 Å². The number of hydrogen-bond acceptors (Lipinski definition) is 3. The molecular weight excluding hydrogens is 256 g/mol. The van der Waals surface area contributed by atoms with Crippen LogP contribution in [0.25, 0.3) is 0 Å². The zero-order valence-electron chi connectivity index (χ0n) is 11.7. The van der Waals surface area contributed by atoms with Gasteiger partial charge < -0.3 is 15.0 Å². The first kappa shape index (κ1) is 14.4. The summed E-state index contributed by atoms with van der Waals surface area (Å²) in [7, 11) is 1.79. The highest BCUT2D eigenvalue weighted by Gasteiger charge is 2.26. The van der Waals surface area contributed by atoms with Crippen molar-refractivity contribution in [2.24, 2.45) is 5.92 Å². The summed E-state index contributed by atoms with van der Waals surface area (Å²) >= 11 is 0. The summed E-state index contributed by atoms with van der Waals surface area (Å²) in [5, 5.41) is 2.85. The molecule has 0 radical (unpaired) electrons. The molecule has 0 aromatic heterocycles. The van der Waals surface area contributed by atoms with E-state index in [1.807, 2.05) is 30.3 Å². The summed E-state index contributed by atoms with van der Waals surface area (Å²) in [6.45, 7) is 1.64. The van der Waals surface area contributed by atoms with Gasteiger partial charge in [0.05, 0.1) is 13.0 Å². The lowest BCUT2D eigenvalue weighted by Crippen LogP contribution is -2.31. The molecule has 0 bridgehead atoms. The molecule has 1 atom stereocenters. The Bertz CT molecular complexity index is 461. The Morgan fingerprint density at radius 3 is 2.80 bits per heavy atom. The largest absolute Gasteiger partial charge is 0.493 e. The van der Waals surface area contributed by atoms with E-state index in [2.05, 4.69) is 5.32 Å². The molecule has 1 aliphatic rings. The van der Waals surface area contributed by atoms with Crippen molar-refractivity contribution in [3.8, 4) is 5.75 Å². The number of benzene rings is 1. The van der Waals surface area contributed by atoms with E-state index >= 15 is 0 Å². The first-order valence-corrected chi connectivity index (χ1v) is 6.83. The quantitative estimate of drug-likeness (QED) is 0.845. The second kappa shape index (κ2) is 6.93. The SMILES string of the molecule is CN1CC(CNC(=O)CCOc2ccccc2)CC1=O. The molecule has 1 aliphatic heterocycles. The Hall–Kier alpha value is -2.04. The first-order chi connectivity index (χ1) is 9.65. The van der Waals surface area contributed by atoms with Crippen LogP contribution in [0.2, 0.25) is 0 Å². The van der Waals surface area contributed by atoms with Crippen LogP contribution in [0, 0.1) is 5.92 Å². The van der Waals surface area contributed by atoms with Crippen LogP contribution in [0.15, 0.2) is 30.3 Å². The van der Waals surface area contributed by atoms with Crippen molar-refractivity contribution >= 4 is 11.8 Å². The maximum absolute atomic E-state index is 11.7. The summed E-state index contributed by atoms with van der Waals surface area (Å²) < 4.78 is 5.46. The number of para-hydroxylation sites is 1. The van der Waals surface area contributed by atoms with Crippen molar-refractivity contribution in [2.75, 3.05) is 26.7 Å². The summed E-state index contributed by atoms with van der Waals surface area (Å²) in [6.07, 6.45) is 0.850. The van der Waals surface area contributed by atoms with E-state index in [4.69, 9.17) is 4.74 Å². The zero-order valence-corrected chi connectivity index (χ0v) is 11.7. The minimum atomic E-state index is -0.0390. The van der Waals surface area contributed by atoms with E-state index < -0.39 is 0 Å². The van der Waals surface area contributed by atoms with E-state index in [0.29, 0.717) is 26.0 Å². The number of likely N-dealkylation sites (tertiary alicyclic amines) is 1. The minimum Gasteiger partial charge on any atom is -0.493 e. The van der Waals surface area contributed by atoms with Crippen molar-refractivity contribution in [1.29, 1.82) is 0 Å². The number of nitrogens with one attached hydrogen (secondary N) is 1. The minimum absolute atomic E-state index is 0.0390. The van der Waals surface area contributed by atoms with E-state index in [1.165, 1.54) is 0 Å². The lowest BCUT2D eigenvalue weighted by Gasteiger charge is -2.11. The van der Waals surface area contributed by atoms with Crippen molar-refractivity contribution in [3.63, 3.8) is 0 Å². The van der Waals surface area contributed by atoms with Crippen LogP contribution >= 0.6 is 0 Å². The number of nitrogens with zero attached hydrogens (tertiary/aromatic N) is 1. The number of carbonyl (C=O) groups is 2. The van der Waals surface area contributed by atoms with Gasteiger partial charge in [-0.2, -0.15) is 0 Å². The first-order valence-electron chi connectivity index (χ1n) is 6.83. The van der Waals surface area contributed by atoms with Crippen LogP contribution in [0.3, 0.4) is 0 Å². The molecular formula is C15H20N2O3. The van der Waals surface area contributed by atoms with Gasteiger partial charge in [-0.3, -0.25) is 9.59 Å². The lowest BCUT2D eigenvalue weighted by atomic mass is 10.1. The maximum Gasteiger partial charge on any atom is 0.223 e. The molecule has 108 valence electrons. The monoisotopic (exact) mass is 276 g/mol. The highest BCUT2D eigenvalue weighted by Crippen LogP contribution is 2.14. The smallest absolute Gasteiger partial charge is 0.223 e. The van der Waals surface area contributed by atoms with Crippen molar-refractivity contribution < 1.29 is 14.3 Å². The standard InChI is InChI=1S/C15H20N2O3/c1-17-11-12(9-15(17)19)10-16-14(18)7-8-20-13-5-3-2-4-6-13/h2-6,12H,7-11H2,1H3,(H,16,18). The molecule has 0 aliphatic carbocycles. The molecule has 1 unspecified atom stereocenters. The summed E-state index contributed by atoms with van der Waals surface area (Å²) in [5.74, 6) is 1.11. The predicted molar refractivity (Wildman–Crippen MR) is 75.3 cm³/mol. The van der Waals surface area contributed by atoms with Gasteiger partial charge in [0.15, 0.2) is 0 Å². The highest BCUT2D eigenvalue weighted by molar-refractivity contribution is 5.79. The Kier molecular flexibility index (Phi) is 4.98. The Labute approximate surface area is 118 Å². The molecule has 5 nitrogen and oxygen atoms in total. The van der Waals surface area contributed by atoms with Gasteiger partial charge in [-0.05, 0) is 12.1 Å². The van der Waals surface area contributed by atoms with Crippen molar-refractivity contribution in [2.45, 2.75) is 12.8 Å². The predicted octanol–water partition coefficient (Wildman–Crippen LogP) is 1.05. The lowest BCUT2D eigenvalue weighted by molar-refractivity contribution is -0.126. The Balaban J connectivity index is 1.60. The van der Waals surface area contributed by atoms with Gasteiger partial charge in [-0.1, -0.05) is 18.2 Å². The molecule has 1 aromatic carbocycles. The summed E-state index contributed by atoms with van der Waals surface area (Å²) in [4.78, 5) is 24.7. The van der Waals surface area contributed by atoms with Gasteiger partial charge in [0.1, 0.15) is 5.75 Å². The van der Waals surface area contributed by atoms with Crippen LogP contribution < -0.4 is 10.1 Å². The van der Waals surface area contributed by atoms with Crippen LogP contribution in [-0.4, -0.2) is 43.5 Å². The number of carbonyl (C=O) groups excluding carboxylic acids is 2. The second-order valence-electron chi connectivity index (χ2n) is 5.06. The maximum atomic E-state index is 11.7. The third-order valence-corrected chi connectivity index (χ3v) is 3.35. The number of amides is 2. The molecule has 2 rings (SSSR count). The van der Waals surface area contributed by atoms with Gasteiger partial charge in [0, 0.05) is 32.5 Å². The average Bonchev–Trinajstić information content (AvgIpc) is 2.77. The fourth-order valence-electron chi connectivity index (χ4n) is 2.22. The topological polar surface area (TPSA) is 58.6 Å². The molecule has 0 saturated carbocycles. The third-order valence-electron chi connectivity index (χ3n) is 3.35. The molecule has 1 saturated heterocycles. The average molecular weight is 276 g/mol. The number of rotatable bonds is 6. The van der Waals surface area contributed by atoms with Gasteiger partial charge in [-0.25, -0.2) is 0 Å². The van der Waals surface area contributed by atoms with Crippen LogP contribution in [0.4, 0.5) is 0 Å². The molecule has 1 fully saturated rings. The normalized spacial score (nSPS) is 18.1. The summed E-state index contributed by atoms with van der Waals surface area (Å²) in [5.41, 5.74) is 0. The van der Waals surface area contributed by atoms with Gasteiger partial charge >= 0.3 is 0 Å². The molecule has 20 heavy (non-hydrogen) atoms. The van der Waals surface area contributed by atoms with E-state index in [0.717, 1.165) is 12.3 Å². The second-order valence-corrected chi connectivity index (χ2v) is 5.06. The van der Waals surface area contributed by atoms with E-state index in [1.54, 1.807) is 11.9 Å². The Morgan fingerprint density at radius 1 is 1.40 bits per heavy atom. The fourth-order valence-corrected chi connectivity index (χ4v) is 2.22. The Morgan fingerprint density at radius 2 is 2.15 bits per heavy atom. The van der Waals surface area contributed by atoms with E-state index in [9.17, 15) is 9.59 Å². The number of ether oxygens (including phenoxy) is 1. The highest BCUT2D eigenvalue weighted by atomic mass is 16.5. The fraction of sp³-hybridized carbons (Fsp3) is 0.467. The van der Waals surface area contributed by atoms with Gasteiger partial charge in [0.25, 0.3) is 0 Å². The molecule has 1 aromatic rings. The number of hydrogen-bond donors (Lipinski definition) is 1. The van der Waals surface area contributed by atoms with Gasteiger partial charge in [0.2, 0.25) is 11.8 Å². The molecule has 2 amide bonds. The van der Waals surface area contributed by atoms with Gasteiger partial charge in [-0.15, -0.1) is 0 Å². The van der Waals surface area contributed by atoms with Crippen molar-refractivity contribution in [3.05, 3.63) is 30.3 Å². The molecule has 0 spiro atoms. The summed E-state index contributed by atoms with van der Waals surface area (Å²) in [6, 6.07) is 9.42. The van der Waals surface area contributed by atoms with Crippen LogP contribution in [0.5, 0.6) is 5.75 Å². The molecule has 1 N–H and O–H groups in total. The molecule has 1 heterocycles. The van der Waals surface area contributed by atoms with Crippen LogP contribution in [-0.2, 0) is 9.59 Å². The molecule has 5 heteroatoms.